The van der Waals surface area contributed by atoms with Gasteiger partial charge in [-0.25, -0.2) is 0 Å². The minimum atomic E-state index is -0.814. The molecule has 2 heterocycles. The van der Waals surface area contributed by atoms with E-state index in [9.17, 15) is 5.11 Å². The molecular formula is C67H76O7. The van der Waals surface area contributed by atoms with Gasteiger partial charge in [-0.05, 0) is 206 Å². The summed E-state index contributed by atoms with van der Waals surface area (Å²) in [6.45, 7) is 16.3. The lowest BCUT2D eigenvalue weighted by atomic mass is 9.69. The Kier molecular flexibility index (Phi) is 13.2. The van der Waals surface area contributed by atoms with Gasteiger partial charge >= 0.3 is 0 Å². The van der Waals surface area contributed by atoms with Crippen LogP contribution in [0.2, 0.25) is 0 Å². The first kappa shape index (κ1) is 49.6. The molecule has 6 aromatic rings. The Morgan fingerprint density at radius 2 is 0.878 bits per heavy atom. The van der Waals surface area contributed by atoms with E-state index in [0.717, 1.165) is 61.5 Å². The van der Waals surface area contributed by atoms with Crippen LogP contribution in [0.4, 0.5) is 0 Å². The fraction of sp³-hybridized carbons (Fsp3) is 0.463. The van der Waals surface area contributed by atoms with Gasteiger partial charge in [0.1, 0.15) is 43.0 Å². The van der Waals surface area contributed by atoms with Gasteiger partial charge in [0, 0.05) is 10.8 Å². The zero-order valence-corrected chi connectivity index (χ0v) is 44.6. The van der Waals surface area contributed by atoms with Crippen LogP contribution in [0.5, 0.6) is 11.5 Å². The van der Waals surface area contributed by atoms with E-state index in [4.69, 9.17) is 28.4 Å². The predicted molar refractivity (Wildman–Crippen MR) is 292 cm³/mol. The summed E-state index contributed by atoms with van der Waals surface area (Å²) in [5, 5.41) is 11.4. The van der Waals surface area contributed by atoms with Gasteiger partial charge in [0.05, 0.1) is 37.6 Å². The molecule has 0 saturated carbocycles. The third-order valence-corrected chi connectivity index (χ3v) is 18.0. The van der Waals surface area contributed by atoms with Crippen molar-refractivity contribution in [2.75, 3.05) is 39.6 Å². The number of rotatable bonds is 18. The zero-order chi connectivity index (χ0) is 50.8. The van der Waals surface area contributed by atoms with Gasteiger partial charge in [-0.3, -0.25) is 0 Å². The molecule has 6 aromatic carbocycles. The Labute approximate surface area is 439 Å². The third-order valence-electron chi connectivity index (χ3n) is 18.0. The number of hydrogen-bond acceptors (Lipinski definition) is 7. The maximum absolute atomic E-state index is 11.4. The quantitative estimate of drug-likeness (QED) is 0.0859. The number of aliphatic hydroxyl groups is 1. The van der Waals surface area contributed by atoms with Gasteiger partial charge in [-0.1, -0.05) is 111 Å². The monoisotopic (exact) mass is 993 g/mol. The van der Waals surface area contributed by atoms with Crippen molar-refractivity contribution in [3.05, 3.63) is 199 Å². The average Bonchev–Trinajstić information content (AvgIpc) is 4.39. The first-order valence-electron chi connectivity index (χ1n) is 28.0. The average molecular weight is 993 g/mol. The van der Waals surface area contributed by atoms with Crippen LogP contribution in [0.25, 0.3) is 0 Å². The first-order chi connectivity index (χ1) is 35.8. The summed E-state index contributed by atoms with van der Waals surface area (Å²) in [7, 11) is 0. The van der Waals surface area contributed by atoms with Crippen molar-refractivity contribution in [3.8, 4) is 11.5 Å². The molecule has 0 bridgehead atoms. The highest BCUT2D eigenvalue weighted by Gasteiger charge is 2.47. The Morgan fingerprint density at radius 1 is 0.500 bits per heavy atom. The summed E-state index contributed by atoms with van der Waals surface area (Å²) in [6.07, 6.45) is 11.3. The van der Waals surface area contributed by atoms with E-state index >= 15 is 0 Å². The summed E-state index contributed by atoms with van der Waals surface area (Å²) >= 11 is 0. The predicted octanol–water partition coefficient (Wildman–Crippen LogP) is 13.2. The maximum Gasteiger partial charge on any atom is 0.119 e. The Hall–Kier alpha value is -5.28. The van der Waals surface area contributed by atoms with E-state index in [2.05, 4.69) is 163 Å². The molecule has 0 spiro atoms. The number of aliphatic hydroxyl groups excluding tert-OH is 1. The summed E-state index contributed by atoms with van der Waals surface area (Å²) in [5.74, 6) is 2.45. The van der Waals surface area contributed by atoms with E-state index in [1.807, 2.05) is 0 Å². The minimum Gasteiger partial charge on any atom is -0.491 e. The molecule has 0 aromatic heterocycles. The summed E-state index contributed by atoms with van der Waals surface area (Å²) < 4.78 is 36.2. The van der Waals surface area contributed by atoms with E-state index in [0.29, 0.717) is 25.0 Å². The molecule has 4 aliphatic carbocycles. The molecule has 7 atom stereocenters. The van der Waals surface area contributed by atoms with Crippen molar-refractivity contribution in [2.45, 2.75) is 158 Å². The second kappa shape index (κ2) is 19.7. The molecule has 0 amide bonds. The SMILES string of the molecule is CC1CC(c2ccc(OCC3CO3)cc2)(c2ccc(C(C)(C)OCC(O)COc3ccc(C4(c5ccc(C(C)(C)OCC6CO6)cc5)CC(C)c5cc6c(cc54)CCCC6)cc3)cc2)c2cc3c(cc21)CCCC3. The van der Waals surface area contributed by atoms with E-state index in [1.54, 1.807) is 5.56 Å². The molecule has 2 fully saturated rings. The van der Waals surface area contributed by atoms with Crippen LogP contribution in [0.3, 0.4) is 0 Å². The summed E-state index contributed by atoms with van der Waals surface area (Å²) in [5.41, 5.74) is 17.7. The molecule has 2 aliphatic heterocycles. The number of ether oxygens (including phenoxy) is 6. The maximum atomic E-state index is 11.4. The molecule has 7 unspecified atom stereocenters. The highest BCUT2D eigenvalue weighted by molar-refractivity contribution is 5.62. The molecule has 7 heteroatoms. The Balaban J connectivity index is 0.746. The normalized spacial score (nSPS) is 25.1. The van der Waals surface area contributed by atoms with Gasteiger partial charge in [0.25, 0.3) is 0 Å². The van der Waals surface area contributed by atoms with Crippen LogP contribution in [0.1, 0.15) is 170 Å². The van der Waals surface area contributed by atoms with Crippen LogP contribution >= 0.6 is 0 Å². The number of aryl methyl sites for hydroxylation is 4. The molecule has 74 heavy (non-hydrogen) atoms. The third kappa shape index (κ3) is 9.44. The van der Waals surface area contributed by atoms with Crippen LogP contribution in [-0.4, -0.2) is 63.1 Å². The van der Waals surface area contributed by atoms with E-state index < -0.39 is 17.3 Å². The largest absolute Gasteiger partial charge is 0.491 e. The highest BCUT2D eigenvalue weighted by atomic mass is 16.6. The number of hydrogen-bond donors (Lipinski definition) is 1. The topological polar surface area (TPSA) is 82.2 Å². The number of epoxide rings is 2. The second-order valence-corrected chi connectivity index (χ2v) is 23.9. The standard InChI is InChI=1S/C67H76O7/c1-43-35-66(62-33-47-13-9-7-11-45(47)31-60(43)62,52-21-17-50(18-22-52)65(5,6)74-42-59-41-72-59)53-23-27-56(28-24-53)69-37-55(68)38-73-64(3,4)49-15-19-51(20-16-49)67(54-25-29-57(30-26-54)70-39-58-40-71-58)36-44(2)61-32-46-12-8-10-14-48(46)34-63(61)67/h15-34,43-44,55,58-59,68H,7-14,35-42H2,1-6H3. The lowest BCUT2D eigenvalue weighted by molar-refractivity contribution is -0.0717. The van der Waals surface area contributed by atoms with Crippen molar-refractivity contribution < 1.29 is 33.5 Å². The molecule has 7 nitrogen and oxygen atoms in total. The van der Waals surface area contributed by atoms with Crippen LogP contribution in [0, 0.1) is 0 Å². The van der Waals surface area contributed by atoms with Gasteiger partial charge in [0.2, 0.25) is 0 Å². The molecule has 1 N–H and O–H groups in total. The van der Waals surface area contributed by atoms with Gasteiger partial charge < -0.3 is 33.5 Å². The Morgan fingerprint density at radius 3 is 1.31 bits per heavy atom. The fourth-order valence-corrected chi connectivity index (χ4v) is 13.5. The van der Waals surface area contributed by atoms with Gasteiger partial charge in [0.15, 0.2) is 0 Å². The second-order valence-electron chi connectivity index (χ2n) is 23.9. The summed E-state index contributed by atoms with van der Waals surface area (Å²) in [6, 6.07) is 46.0. The van der Waals surface area contributed by atoms with Crippen molar-refractivity contribution >= 4 is 0 Å². The van der Waals surface area contributed by atoms with Crippen LogP contribution < -0.4 is 9.47 Å². The van der Waals surface area contributed by atoms with Crippen LogP contribution in [0.15, 0.2) is 121 Å². The van der Waals surface area contributed by atoms with E-state index in [1.165, 1.54) is 99.7 Å². The van der Waals surface area contributed by atoms with Crippen molar-refractivity contribution in [1.82, 2.24) is 0 Å². The zero-order valence-electron chi connectivity index (χ0n) is 44.6. The van der Waals surface area contributed by atoms with Crippen LogP contribution in [-0.2, 0) is 66.7 Å². The van der Waals surface area contributed by atoms with Crippen molar-refractivity contribution in [1.29, 1.82) is 0 Å². The Bertz CT molecular complexity index is 2970. The van der Waals surface area contributed by atoms with Crippen molar-refractivity contribution in [3.63, 3.8) is 0 Å². The molecule has 386 valence electrons. The van der Waals surface area contributed by atoms with Gasteiger partial charge in [-0.2, -0.15) is 0 Å². The number of fused-ring (bicyclic) bond motifs is 4. The molecule has 2 saturated heterocycles. The van der Waals surface area contributed by atoms with E-state index in [-0.39, 0.29) is 36.3 Å². The van der Waals surface area contributed by atoms with Gasteiger partial charge in [-0.15, -0.1) is 0 Å². The minimum absolute atomic E-state index is 0.125. The molecule has 6 aliphatic rings. The lowest BCUT2D eigenvalue weighted by Crippen LogP contribution is -2.31. The van der Waals surface area contributed by atoms with Crippen molar-refractivity contribution in [2.24, 2.45) is 0 Å². The molecule has 12 rings (SSSR count). The lowest BCUT2D eigenvalue weighted by Gasteiger charge is -2.34. The molecular weight excluding hydrogens is 917 g/mol. The first-order valence-corrected chi connectivity index (χ1v) is 28.0. The molecule has 0 radical (unpaired) electrons. The summed E-state index contributed by atoms with van der Waals surface area (Å²) in [4.78, 5) is 0. The highest BCUT2D eigenvalue weighted by Crippen LogP contribution is 2.57. The fourth-order valence-electron chi connectivity index (χ4n) is 13.5. The smallest absolute Gasteiger partial charge is 0.119 e. The number of benzene rings is 6.